The summed E-state index contributed by atoms with van der Waals surface area (Å²) in [6.45, 7) is 2.02. The van der Waals surface area contributed by atoms with Crippen molar-refractivity contribution >= 4 is 0 Å². The van der Waals surface area contributed by atoms with E-state index in [1.54, 1.807) is 12.4 Å². The molecule has 0 unspecified atom stereocenters. The molecular weight excluding hydrogens is 316 g/mol. The second-order valence-corrected chi connectivity index (χ2v) is 6.08. The van der Waals surface area contributed by atoms with E-state index in [1.807, 2.05) is 42.5 Å². The van der Waals surface area contributed by atoms with Crippen LogP contribution in [-0.2, 0) is 11.3 Å². The van der Waals surface area contributed by atoms with Crippen molar-refractivity contribution in [2.24, 2.45) is 0 Å². The molecule has 3 aromatic rings. The monoisotopic (exact) mass is 336 g/mol. The Hall–Kier alpha value is -2.66. The van der Waals surface area contributed by atoms with E-state index in [-0.39, 0.29) is 0 Å². The van der Waals surface area contributed by atoms with E-state index in [2.05, 4.69) is 9.97 Å². The van der Waals surface area contributed by atoms with Crippen LogP contribution >= 0.6 is 0 Å². The van der Waals surface area contributed by atoms with Gasteiger partial charge in [-0.1, -0.05) is 6.07 Å². The predicted molar refractivity (Wildman–Crippen MR) is 93.3 cm³/mol. The van der Waals surface area contributed by atoms with E-state index in [9.17, 15) is 0 Å². The smallest absolute Gasteiger partial charge is 0.198 e. The van der Waals surface area contributed by atoms with Crippen LogP contribution < -0.4 is 4.74 Å². The SMILES string of the molecule is c1ccc(COc2ccc(-c3cnc(C4CCOCC4)o3)cc2)nc1. The summed E-state index contributed by atoms with van der Waals surface area (Å²) in [6.07, 6.45) is 5.51. The van der Waals surface area contributed by atoms with E-state index in [0.29, 0.717) is 12.5 Å². The minimum absolute atomic E-state index is 0.364. The summed E-state index contributed by atoms with van der Waals surface area (Å²) in [5, 5.41) is 0. The first kappa shape index (κ1) is 15.8. The van der Waals surface area contributed by atoms with E-state index >= 15 is 0 Å². The third-order valence-electron chi connectivity index (χ3n) is 4.35. The van der Waals surface area contributed by atoms with Crippen molar-refractivity contribution in [2.75, 3.05) is 13.2 Å². The fraction of sp³-hybridized carbons (Fsp3) is 0.300. The van der Waals surface area contributed by atoms with Gasteiger partial charge in [0.25, 0.3) is 0 Å². The molecule has 5 heteroatoms. The Morgan fingerprint density at radius 1 is 1.00 bits per heavy atom. The Balaban J connectivity index is 1.40. The molecule has 1 fully saturated rings. The first-order chi connectivity index (χ1) is 12.4. The predicted octanol–water partition coefficient (Wildman–Crippen LogP) is 4.21. The Morgan fingerprint density at radius 2 is 1.84 bits per heavy atom. The number of ether oxygens (including phenoxy) is 2. The molecule has 0 N–H and O–H groups in total. The van der Waals surface area contributed by atoms with Gasteiger partial charge in [0.1, 0.15) is 12.4 Å². The molecule has 0 radical (unpaired) electrons. The molecule has 128 valence electrons. The van der Waals surface area contributed by atoms with E-state index in [4.69, 9.17) is 13.9 Å². The Bertz CT molecular complexity index is 793. The first-order valence-corrected chi connectivity index (χ1v) is 8.55. The molecule has 1 saturated heterocycles. The lowest BCUT2D eigenvalue weighted by Crippen LogP contribution is -2.14. The molecule has 0 amide bonds. The van der Waals surface area contributed by atoms with Crippen molar-refractivity contribution in [1.29, 1.82) is 0 Å². The van der Waals surface area contributed by atoms with Crippen molar-refractivity contribution in [2.45, 2.75) is 25.4 Å². The van der Waals surface area contributed by atoms with Gasteiger partial charge in [0.15, 0.2) is 11.7 Å². The molecule has 5 nitrogen and oxygen atoms in total. The fourth-order valence-corrected chi connectivity index (χ4v) is 2.91. The van der Waals surface area contributed by atoms with Gasteiger partial charge in [0.2, 0.25) is 0 Å². The van der Waals surface area contributed by atoms with Crippen LogP contribution in [0.25, 0.3) is 11.3 Å². The normalized spacial score (nSPS) is 15.2. The van der Waals surface area contributed by atoms with Crippen molar-refractivity contribution < 1.29 is 13.9 Å². The molecule has 1 aliphatic heterocycles. The average molecular weight is 336 g/mol. The zero-order valence-electron chi connectivity index (χ0n) is 13.9. The zero-order valence-corrected chi connectivity index (χ0v) is 13.9. The highest BCUT2D eigenvalue weighted by atomic mass is 16.5. The minimum Gasteiger partial charge on any atom is -0.487 e. The number of pyridine rings is 1. The molecule has 0 atom stereocenters. The van der Waals surface area contributed by atoms with E-state index in [0.717, 1.165) is 54.7 Å². The summed E-state index contributed by atoms with van der Waals surface area (Å²) in [5.41, 5.74) is 1.90. The van der Waals surface area contributed by atoms with Crippen molar-refractivity contribution in [3.63, 3.8) is 0 Å². The lowest BCUT2D eigenvalue weighted by Gasteiger charge is -2.18. The maximum Gasteiger partial charge on any atom is 0.198 e. The van der Waals surface area contributed by atoms with Crippen molar-refractivity contribution in [1.82, 2.24) is 9.97 Å². The number of hydrogen-bond acceptors (Lipinski definition) is 5. The molecule has 0 saturated carbocycles. The summed E-state index contributed by atoms with van der Waals surface area (Å²) < 4.78 is 17.1. The van der Waals surface area contributed by atoms with Crippen LogP contribution in [0.2, 0.25) is 0 Å². The summed E-state index contributed by atoms with van der Waals surface area (Å²) >= 11 is 0. The minimum atomic E-state index is 0.364. The highest BCUT2D eigenvalue weighted by Gasteiger charge is 2.21. The van der Waals surface area contributed by atoms with Crippen LogP contribution in [-0.4, -0.2) is 23.2 Å². The summed E-state index contributed by atoms with van der Waals surface area (Å²) in [7, 11) is 0. The second-order valence-electron chi connectivity index (χ2n) is 6.08. The van der Waals surface area contributed by atoms with Crippen LogP contribution in [0.15, 0.2) is 59.3 Å². The number of oxazole rings is 1. The van der Waals surface area contributed by atoms with Crippen molar-refractivity contribution in [3.8, 4) is 17.1 Å². The van der Waals surface area contributed by atoms with Gasteiger partial charge in [-0.2, -0.15) is 0 Å². The van der Waals surface area contributed by atoms with Gasteiger partial charge in [-0.05, 0) is 49.2 Å². The molecule has 25 heavy (non-hydrogen) atoms. The topological polar surface area (TPSA) is 57.4 Å². The van der Waals surface area contributed by atoms with Gasteiger partial charge in [-0.15, -0.1) is 0 Å². The van der Waals surface area contributed by atoms with Crippen LogP contribution in [0, 0.1) is 0 Å². The maximum absolute atomic E-state index is 5.96. The van der Waals surface area contributed by atoms with Crippen LogP contribution in [0.1, 0.15) is 30.3 Å². The van der Waals surface area contributed by atoms with Gasteiger partial charge < -0.3 is 13.9 Å². The van der Waals surface area contributed by atoms with Crippen molar-refractivity contribution in [3.05, 3.63) is 66.4 Å². The third kappa shape index (κ3) is 3.88. The summed E-state index contributed by atoms with van der Waals surface area (Å²) in [6, 6.07) is 13.6. The van der Waals surface area contributed by atoms with Crippen LogP contribution in [0.3, 0.4) is 0 Å². The fourth-order valence-electron chi connectivity index (χ4n) is 2.91. The van der Waals surface area contributed by atoms with Crippen LogP contribution in [0.4, 0.5) is 0 Å². The van der Waals surface area contributed by atoms with E-state index in [1.165, 1.54) is 0 Å². The standard InChI is InChI=1S/C20H20N2O3/c1-2-10-21-17(3-1)14-24-18-6-4-15(5-7-18)19-13-22-20(25-19)16-8-11-23-12-9-16/h1-7,10,13,16H,8-9,11-12,14H2. The largest absolute Gasteiger partial charge is 0.487 e. The molecule has 3 heterocycles. The third-order valence-corrected chi connectivity index (χ3v) is 4.35. The number of rotatable bonds is 5. The Labute approximate surface area is 146 Å². The number of aromatic nitrogens is 2. The molecule has 4 rings (SSSR count). The summed E-state index contributed by atoms with van der Waals surface area (Å²) in [5.74, 6) is 2.77. The van der Waals surface area contributed by atoms with Crippen LogP contribution in [0.5, 0.6) is 5.75 Å². The number of hydrogen-bond donors (Lipinski definition) is 0. The number of nitrogens with zero attached hydrogens (tertiary/aromatic N) is 2. The lowest BCUT2D eigenvalue weighted by molar-refractivity contribution is 0.0796. The average Bonchev–Trinajstić information content (AvgIpc) is 3.19. The molecular formula is C20H20N2O3. The maximum atomic E-state index is 5.96. The molecule has 2 aromatic heterocycles. The Morgan fingerprint density at radius 3 is 2.60 bits per heavy atom. The molecule has 1 aromatic carbocycles. The number of benzene rings is 1. The van der Waals surface area contributed by atoms with Gasteiger partial charge in [0, 0.05) is 30.9 Å². The second kappa shape index (κ2) is 7.49. The highest BCUT2D eigenvalue weighted by molar-refractivity contribution is 5.57. The molecule has 0 bridgehead atoms. The van der Waals surface area contributed by atoms with Gasteiger partial charge >= 0.3 is 0 Å². The molecule has 0 aliphatic carbocycles. The highest BCUT2D eigenvalue weighted by Crippen LogP contribution is 2.30. The van der Waals surface area contributed by atoms with Gasteiger partial charge in [0.05, 0.1) is 11.9 Å². The van der Waals surface area contributed by atoms with E-state index < -0.39 is 0 Å². The zero-order chi connectivity index (χ0) is 16.9. The summed E-state index contributed by atoms with van der Waals surface area (Å²) in [4.78, 5) is 8.70. The first-order valence-electron chi connectivity index (χ1n) is 8.55. The Kier molecular flexibility index (Phi) is 4.74. The molecule has 1 aliphatic rings. The lowest BCUT2D eigenvalue weighted by atomic mass is 10.0. The quantitative estimate of drug-likeness (QED) is 0.698. The van der Waals surface area contributed by atoms with Gasteiger partial charge in [-0.25, -0.2) is 4.98 Å². The van der Waals surface area contributed by atoms with Gasteiger partial charge in [-0.3, -0.25) is 4.98 Å². The molecule has 0 spiro atoms.